The van der Waals surface area contributed by atoms with Crippen LogP contribution >= 0.6 is 0 Å². The number of aromatic nitrogens is 1. The van der Waals surface area contributed by atoms with Crippen LogP contribution in [0.1, 0.15) is 24.6 Å². The zero-order valence-corrected chi connectivity index (χ0v) is 10.1. The molecule has 5 heteroatoms. The van der Waals surface area contributed by atoms with Crippen molar-refractivity contribution in [2.75, 3.05) is 11.9 Å². The van der Waals surface area contributed by atoms with Gasteiger partial charge in [0.25, 0.3) is 0 Å². The third kappa shape index (κ3) is 2.72. The third-order valence-corrected chi connectivity index (χ3v) is 2.61. The first-order chi connectivity index (χ1) is 8.01. The number of hydrogen-bond donors (Lipinski definition) is 1. The smallest absolute Gasteiger partial charge is 0.326 e. The van der Waals surface area contributed by atoms with Crippen LogP contribution in [0.4, 0.5) is 5.82 Å². The first-order valence-electron chi connectivity index (χ1n) is 5.34. The lowest BCUT2D eigenvalue weighted by atomic mass is 10.1. The van der Waals surface area contributed by atoms with Gasteiger partial charge in [0.05, 0.1) is 5.56 Å². The normalized spacial score (nSPS) is 11.6. The maximum Gasteiger partial charge on any atom is 0.326 e. The average Bonchev–Trinajstić information content (AvgIpc) is 2.29. The van der Waals surface area contributed by atoms with E-state index < -0.39 is 12.0 Å². The SMILES string of the molecule is CCC(C(=O)O)N(C)c1nc(C)ccc1C#N. The van der Waals surface area contributed by atoms with Crippen molar-refractivity contribution in [1.82, 2.24) is 4.98 Å². The lowest BCUT2D eigenvalue weighted by Crippen LogP contribution is -2.39. The van der Waals surface area contributed by atoms with Gasteiger partial charge in [0, 0.05) is 12.7 Å². The minimum atomic E-state index is -0.915. The van der Waals surface area contributed by atoms with Crippen LogP contribution in [0.15, 0.2) is 12.1 Å². The molecule has 0 spiro atoms. The molecule has 0 saturated heterocycles. The molecule has 90 valence electrons. The van der Waals surface area contributed by atoms with E-state index in [2.05, 4.69) is 4.98 Å². The van der Waals surface area contributed by atoms with Crippen LogP contribution in [0.5, 0.6) is 0 Å². The molecule has 1 aromatic heterocycles. The fourth-order valence-corrected chi connectivity index (χ4v) is 1.66. The molecule has 0 aliphatic heterocycles. The Kier molecular flexibility index (Phi) is 4.05. The van der Waals surface area contributed by atoms with Gasteiger partial charge in [-0.25, -0.2) is 9.78 Å². The van der Waals surface area contributed by atoms with Gasteiger partial charge in [0.2, 0.25) is 0 Å². The van der Waals surface area contributed by atoms with Gasteiger partial charge in [0.15, 0.2) is 0 Å². The highest BCUT2D eigenvalue weighted by Gasteiger charge is 2.23. The van der Waals surface area contributed by atoms with Crippen molar-refractivity contribution in [3.63, 3.8) is 0 Å². The van der Waals surface area contributed by atoms with Crippen LogP contribution in [-0.2, 0) is 4.79 Å². The monoisotopic (exact) mass is 233 g/mol. The average molecular weight is 233 g/mol. The van der Waals surface area contributed by atoms with Crippen molar-refractivity contribution in [3.8, 4) is 6.07 Å². The second kappa shape index (κ2) is 5.30. The van der Waals surface area contributed by atoms with Gasteiger partial charge in [-0.3, -0.25) is 0 Å². The summed E-state index contributed by atoms with van der Waals surface area (Å²) in [6, 6.07) is 4.74. The van der Waals surface area contributed by atoms with Gasteiger partial charge < -0.3 is 10.0 Å². The largest absolute Gasteiger partial charge is 0.480 e. The zero-order chi connectivity index (χ0) is 13.0. The number of likely N-dealkylation sites (N-methyl/N-ethyl adjacent to an activating group) is 1. The van der Waals surface area contributed by atoms with E-state index in [9.17, 15) is 4.79 Å². The predicted molar refractivity (Wildman–Crippen MR) is 63.8 cm³/mol. The van der Waals surface area contributed by atoms with E-state index in [0.29, 0.717) is 17.8 Å². The van der Waals surface area contributed by atoms with E-state index in [-0.39, 0.29) is 0 Å². The van der Waals surface area contributed by atoms with Crippen LogP contribution in [0.2, 0.25) is 0 Å². The number of carbonyl (C=O) groups is 1. The number of carboxylic acid groups (broad SMARTS) is 1. The second-order valence-corrected chi connectivity index (χ2v) is 3.81. The molecule has 0 saturated carbocycles. The molecule has 0 aliphatic rings. The minimum Gasteiger partial charge on any atom is -0.480 e. The number of anilines is 1. The van der Waals surface area contributed by atoms with Crippen LogP contribution in [0.3, 0.4) is 0 Å². The standard InChI is InChI=1S/C12H15N3O2/c1-4-10(12(16)17)15(3)11-9(7-13)6-5-8(2)14-11/h5-6,10H,4H2,1-3H3,(H,16,17). The Balaban J connectivity index is 3.19. The molecule has 0 aromatic carbocycles. The number of rotatable bonds is 4. The number of nitrogens with zero attached hydrogens (tertiary/aromatic N) is 3. The number of carboxylic acids is 1. The van der Waals surface area contributed by atoms with Gasteiger partial charge in [-0.15, -0.1) is 0 Å². The summed E-state index contributed by atoms with van der Waals surface area (Å²) in [7, 11) is 1.64. The molecule has 5 nitrogen and oxygen atoms in total. The maximum atomic E-state index is 11.1. The van der Waals surface area contributed by atoms with Gasteiger partial charge in [0.1, 0.15) is 17.9 Å². The first-order valence-corrected chi connectivity index (χ1v) is 5.34. The summed E-state index contributed by atoms with van der Waals surface area (Å²) in [5.74, 6) is -0.496. The quantitative estimate of drug-likeness (QED) is 0.853. The lowest BCUT2D eigenvalue weighted by Gasteiger charge is -2.25. The number of hydrogen-bond acceptors (Lipinski definition) is 4. The van der Waals surface area contributed by atoms with Gasteiger partial charge in [-0.05, 0) is 25.5 Å². The molecule has 17 heavy (non-hydrogen) atoms. The molecule has 0 radical (unpaired) electrons. The molecule has 0 fully saturated rings. The van der Waals surface area contributed by atoms with Crippen molar-refractivity contribution in [1.29, 1.82) is 5.26 Å². The summed E-state index contributed by atoms with van der Waals surface area (Å²) in [5.41, 5.74) is 1.14. The highest BCUT2D eigenvalue weighted by molar-refractivity contribution is 5.78. The Hall–Kier alpha value is -2.09. The number of pyridine rings is 1. The van der Waals surface area contributed by atoms with Crippen LogP contribution in [0, 0.1) is 18.3 Å². The van der Waals surface area contributed by atoms with Crippen LogP contribution in [-0.4, -0.2) is 29.1 Å². The number of nitriles is 1. The Morgan fingerprint density at radius 1 is 1.65 bits per heavy atom. The molecule has 0 bridgehead atoms. The van der Waals surface area contributed by atoms with E-state index in [1.54, 1.807) is 33.0 Å². The molecule has 1 aromatic rings. The zero-order valence-electron chi connectivity index (χ0n) is 10.1. The summed E-state index contributed by atoms with van der Waals surface area (Å²) in [4.78, 5) is 16.8. The summed E-state index contributed by atoms with van der Waals surface area (Å²) >= 11 is 0. The van der Waals surface area contributed by atoms with E-state index in [1.165, 1.54) is 4.90 Å². The second-order valence-electron chi connectivity index (χ2n) is 3.81. The van der Waals surface area contributed by atoms with Crippen molar-refractivity contribution in [2.45, 2.75) is 26.3 Å². The Bertz CT molecular complexity index is 465. The summed E-state index contributed by atoms with van der Waals surface area (Å²) in [6.45, 7) is 3.59. The fraction of sp³-hybridized carbons (Fsp3) is 0.417. The van der Waals surface area contributed by atoms with Crippen molar-refractivity contribution in [2.24, 2.45) is 0 Å². The molecule has 1 rings (SSSR count). The van der Waals surface area contributed by atoms with E-state index >= 15 is 0 Å². The summed E-state index contributed by atoms with van der Waals surface area (Å²) in [5, 5.41) is 18.1. The van der Waals surface area contributed by atoms with Crippen LogP contribution in [0.25, 0.3) is 0 Å². The molecule has 1 atom stereocenters. The Morgan fingerprint density at radius 2 is 2.29 bits per heavy atom. The topological polar surface area (TPSA) is 77.2 Å². The molecule has 0 aliphatic carbocycles. The first kappa shape index (κ1) is 13.0. The van der Waals surface area contributed by atoms with Gasteiger partial charge >= 0.3 is 5.97 Å². The summed E-state index contributed by atoms with van der Waals surface area (Å²) < 4.78 is 0. The molecule has 1 heterocycles. The van der Waals surface area contributed by atoms with Crippen molar-refractivity contribution < 1.29 is 9.90 Å². The Morgan fingerprint density at radius 3 is 2.76 bits per heavy atom. The maximum absolute atomic E-state index is 11.1. The summed E-state index contributed by atoms with van der Waals surface area (Å²) in [6.07, 6.45) is 0.451. The number of aryl methyl sites for hydroxylation is 1. The highest BCUT2D eigenvalue weighted by Crippen LogP contribution is 2.19. The van der Waals surface area contributed by atoms with Crippen molar-refractivity contribution in [3.05, 3.63) is 23.4 Å². The molecule has 1 N–H and O–H groups in total. The fourth-order valence-electron chi connectivity index (χ4n) is 1.66. The van der Waals surface area contributed by atoms with Crippen molar-refractivity contribution >= 4 is 11.8 Å². The molecular weight excluding hydrogens is 218 g/mol. The minimum absolute atomic E-state index is 0.387. The van der Waals surface area contributed by atoms with E-state index in [4.69, 9.17) is 10.4 Å². The van der Waals surface area contributed by atoms with E-state index in [0.717, 1.165) is 5.69 Å². The third-order valence-electron chi connectivity index (χ3n) is 2.61. The lowest BCUT2D eigenvalue weighted by molar-refractivity contribution is -0.138. The molecular formula is C12H15N3O2. The van der Waals surface area contributed by atoms with Crippen LogP contribution < -0.4 is 4.90 Å². The highest BCUT2D eigenvalue weighted by atomic mass is 16.4. The van der Waals surface area contributed by atoms with Gasteiger partial charge in [-0.2, -0.15) is 5.26 Å². The Labute approximate surface area is 100 Å². The number of aliphatic carboxylic acids is 1. The molecule has 1 unspecified atom stereocenters. The predicted octanol–water partition coefficient (Wildman–Crippen LogP) is 1.56. The van der Waals surface area contributed by atoms with Gasteiger partial charge in [-0.1, -0.05) is 6.92 Å². The molecule has 0 amide bonds. The van der Waals surface area contributed by atoms with E-state index in [1.807, 2.05) is 6.07 Å².